The molecule has 0 radical (unpaired) electrons. The monoisotopic (exact) mass is 193 g/mol. The topological polar surface area (TPSA) is 35.2 Å². The molecular formula is C12H19NO. The van der Waals surface area contributed by atoms with Crippen LogP contribution in [-0.2, 0) is 4.74 Å². The number of nitrogens with two attached hydrogens (primary N) is 1. The lowest BCUT2D eigenvalue weighted by Gasteiger charge is -2.13. The van der Waals surface area contributed by atoms with Crippen molar-refractivity contribution >= 4 is 0 Å². The zero-order chi connectivity index (χ0) is 10.6. The highest BCUT2D eigenvalue weighted by Crippen LogP contribution is 2.17. The lowest BCUT2D eigenvalue weighted by atomic mass is 10.0. The Kier molecular flexibility index (Phi) is 4.11. The maximum Gasteiger partial charge on any atom is 0.0480 e. The minimum atomic E-state index is 0.0912. The third kappa shape index (κ3) is 3.13. The predicted octanol–water partition coefficient (Wildman–Crippen LogP) is 2.34. The van der Waals surface area contributed by atoms with Crippen molar-refractivity contribution in [2.75, 3.05) is 13.7 Å². The Morgan fingerprint density at radius 1 is 1.21 bits per heavy atom. The summed E-state index contributed by atoms with van der Waals surface area (Å²) in [5.74, 6) is 0. The van der Waals surface area contributed by atoms with Crippen molar-refractivity contribution in [1.29, 1.82) is 0 Å². The van der Waals surface area contributed by atoms with Gasteiger partial charge < -0.3 is 10.5 Å². The molecule has 14 heavy (non-hydrogen) atoms. The van der Waals surface area contributed by atoms with Crippen molar-refractivity contribution in [3.63, 3.8) is 0 Å². The van der Waals surface area contributed by atoms with Crippen LogP contribution in [0.5, 0.6) is 0 Å². The highest BCUT2D eigenvalue weighted by atomic mass is 16.5. The predicted molar refractivity (Wildman–Crippen MR) is 59.3 cm³/mol. The van der Waals surface area contributed by atoms with E-state index in [9.17, 15) is 0 Å². The van der Waals surface area contributed by atoms with Crippen LogP contribution in [-0.4, -0.2) is 13.7 Å². The van der Waals surface area contributed by atoms with E-state index < -0.39 is 0 Å². The molecular weight excluding hydrogens is 174 g/mol. The van der Waals surface area contributed by atoms with Crippen LogP contribution >= 0.6 is 0 Å². The summed E-state index contributed by atoms with van der Waals surface area (Å²) >= 11 is 0. The average molecular weight is 193 g/mol. The molecule has 1 aromatic rings. The maximum absolute atomic E-state index is 6.04. The first-order valence-electron chi connectivity index (χ1n) is 4.96. The van der Waals surface area contributed by atoms with Crippen molar-refractivity contribution in [2.45, 2.75) is 26.3 Å². The van der Waals surface area contributed by atoms with Crippen LogP contribution in [0.25, 0.3) is 0 Å². The number of benzene rings is 1. The molecule has 0 aliphatic carbocycles. The van der Waals surface area contributed by atoms with E-state index in [1.165, 1.54) is 16.7 Å². The minimum Gasteiger partial charge on any atom is -0.385 e. The van der Waals surface area contributed by atoms with Crippen LogP contribution in [0, 0.1) is 13.8 Å². The quantitative estimate of drug-likeness (QED) is 0.796. The molecule has 0 amide bonds. The molecule has 1 atom stereocenters. The van der Waals surface area contributed by atoms with Gasteiger partial charge in [0.15, 0.2) is 0 Å². The van der Waals surface area contributed by atoms with Gasteiger partial charge in [-0.2, -0.15) is 0 Å². The Hall–Kier alpha value is -0.860. The van der Waals surface area contributed by atoms with Gasteiger partial charge in [-0.05, 0) is 25.8 Å². The highest BCUT2D eigenvalue weighted by molar-refractivity contribution is 5.30. The van der Waals surface area contributed by atoms with Gasteiger partial charge in [-0.1, -0.05) is 29.3 Å². The number of hydrogen-bond acceptors (Lipinski definition) is 2. The second kappa shape index (κ2) is 5.13. The summed E-state index contributed by atoms with van der Waals surface area (Å²) in [7, 11) is 1.70. The molecule has 0 aliphatic rings. The Bertz CT molecular complexity index is 276. The second-order valence-electron chi connectivity index (χ2n) is 3.81. The standard InChI is InChI=1S/C12H19NO/c1-9-6-10(2)8-11(7-9)12(13)4-5-14-3/h6-8,12H,4-5,13H2,1-3H3. The molecule has 0 aliphatic heterocycles. The van der Waals surface area contributed by atoms with Crippen molar-refractivity contribution in [3.05, 3.63) is 34.9 Å². The Labute approximate surface area is 86.1 Å². The Balaban J connectivity index is 2.73. The zero-order valence-corrected chi connectivity index (χ0v) is 9.21. The summed E-state index contributed by atoms with van der Waals surface area (Å²) in [6.45, 7) is 4.91. The molecule has 2 N–H and O–H groups in total. The lowest BCUT2D eigenvalue weighted by Crippen LogP contribution is -2.13. The molecule has 78 valence electrons. The summed E-state index contributed by atoms with van der Waals surface area (Å²) in [5.41, 5.74) is 9.79. The van der Waals surface area contributed by atoms with Gasteiger partial charge in [0, 0.05) is 19.8 Å². The van der Waals surface area contributed by atoms with E-state index >= 15 is 0 Å². The van der Waals surface area contributed by atoms with E-state index in [0.29, 0.717) is 6.61 Å². The zero-order valence-electron chi connectivity index (χ0n) is 9.21. The molecule has 1 unspecified atom stereocenters. The van der Waals surface area contributed by atoms with Gasteiger partial charge in [0.1, 0.15) is 0 Å². The van der Waals surface area contributed by atoms with Gasteiger partial charge >= 0.3 is 0 Å². The van der Waals surface area contributed by atoms with Crippen LogP contribution in [0.15, 0.2) is 18.2 Å². The lowest BCUT2D eigenvalue weighted by molar-refractivity contribution is 0.188. The van der Waals surface area contributed by atoms with Crippen LogP contribution in [0.3, 0.4) is 0 Å². The van der Waals surface area contributed by atoms with E-state index in [-0.39, 0.29) is 6.04 Å². The van der Waals surface area contributed by atoms with Gasteiger partial charge in [-0.25, -0.2) is 0 Å². The van der Waals surface area contributed by atoms with Crippen LogP contribution in [0.2, 0.25) is 0 Å². The number of aryl methyl sites for hydroxylation is 2. The maximum atomic E-state index is 6.04. The third-order valence-corrected chi connectivity index (χ3v) is 2.31. The molecule has 0 fully saturated rings. The average Bonchev–Trinajstić information content (AvgIpc) is 2.12. The van der Waals surface area contributed by atoms with Gasteiger partial charge in [-0.15, -0.1) is 0 Å². The van der Waals surface area contributed by atoms with E-state index in [0.717, 1.165) is 6.42 Å². The van der Waals surface area contributed by atoms with Gasteiger partial charge in [0.25, 0.3) is 0 Å². The Morgan fingerprint density at radius 2 is 1.79 bits per heavy atom. The SMILES string of the molecule is COCCC(N)c1cc(C)cc(C)c1. The van der Waals surface area contributed by atoms with Crippen LogP contribution in [0.1, 0.15) is 29.2 Å². The molecule has 1 rings (SSSR count). The third-order valence-electron chi connectivity index (χ3n) is 2.31. The molecule has 0 saturated carbocycles. The van der Waals surface area contributed by atoms with Crippen molar-refractivity contribution in [2.24, 2.45) is 5.73 Å². The van der Waals surface area contributed by atoms with Crippen molar-refractivity contribution in [1.82, 2.24) is 0 Å². The number of hydrogen-bond donors (Lipinski definition) is 1. The summed E-state index contributed by atoms with van der Waals surface area (Å²) in [4.78, 5) is 0. The first kappa shape index (κ1) is 11.2. The number of ether oxygens (including phenoxy) is 1. The molecule has 2 heteroatoms. The fraction of sp³-hybridized carbons (Fsp3) is 0.500. The Morgan fingerprint density at radius 3 is 2.29 bits per heavy atom. The summed E-state index contributed by atoms with van der Waals surface area (Å²) in [6.07, 6.45) is 0.874. The highest BCUT2D eigenvalue weighted by Gasteiger charge is 2.06. The fourth-order valence-corrected chi connectivity index (χ4v) is 1.64. The van der Waals surface area contributed by atoms with E-state index in [2.05, 4.69) is 32.0 Å². The largest absolute Gasteiger partial charge is 0.385 e. The second-order valence-corrected chi connectivity index (χ2v) is 3.81. The van der Waals surface area contributed by atoms with Crippen LogP contribution in [0.4, 0.5) is 0 Å². The van der Waals surface area contributed by atoms with E-state index in [4.69, 9.17) is 10.5 Å². The van der Waals surface area contributed by atoms with Crippen LogP contribution < -0.4 is 5.73 Å². The van der Waals surface area contributed by atoms with Crippen molar-refractivity contribution in [3.8, 4) is 0 Å². The smallest absolute Gasteiger partial charge is 0.0480 e. The summed E-state index contributed by atoms with van der Waals surface area (Å²) in [5, 5.41) is 0. The number of methoxy groups -OCH3 is 1. The normalized spacial score (nSPS) is 12.9. The van der Waals surface area contributed by atoms with Gasteiger partial charge in [-0.3, -0.25) is 0 Å². The molecule has 0 spiro atoms. The fourth-order valence-electron chi connectivity index (χ4n) is 1.64. The van der Waals surface area contributed by atoms with E-state index in [1.54, 1.807) is 7.11 Å². The number of rotatable bonds is 4. The first-order valence-corrected chi connectivity index (χ1v) is 4.96. The molecule has 0 bridgehead atoms. The van der Waals surface area contributed by atoms with Gasteiger partial charge in [0.2, 0.25) is 0 Å². The molecule has 0 saturated heterocycles. The summed E-state index contributed by atoms with van der Waals surface area (Å²) < 4.78 is 5.01. The molecule has 2 nitrogen and oxygen atoms in total. The van der Waals surface area contributed by atoms with Gasteiger partial charge in [0.05, 0.1) is 0 Å². The molecule has 0 aromatic heterocycles. The minimum absolute atomic E-state index is 0.0912. The summed E-state index contributed by atoms with van der Waals surface area (Å²) in [6, 6.07) is 6.54. The first-order chi connectivity index (χ1) is 6.63. The molecule has 0 heterocycles. The van der Waals surface area contributed by atoms with E-state index in [1.807, 2.05) is 0 Å². The molecule has 1 aromatic carbocycles. The van der Waals surface area contributed by atoms with Crippen molar-refractivity contribution < 1.29 is 4.74 Å².